The van der Waals surface area contributed by atoms with Crippen LogP contribution in [0.25, 0.3) is 0 Å². The monoisotopic (exact) mass is 299 g/mol. The Morgan fingerprint density at radius 3 is 2.52 bits per heavy atom. The number of carbonyl (C=O) groups is 2. The zero-order valence-electron chi connectivity index (χ0n) is 12.0. The van der Waals surface area contributed by atoms with Crippen LogP contribution < -0.4 is 16.4 Å². The van der Waals surface area contributed by atoms with Gasteiger partial charge in [0.2, 0.25) is 5.91 Å². The van der Waals surface area contributed by atoms with Gasteiger partial charge < -0.3 is 16.4 Å². The van der Waals surface area contributed by atoms with Gasteiger partial charge in [-0.15, -0.1) is 0 Å². The lowest BCUT2D eigenvalue weighted by Gasteiger charge is -2.12. The van der Waals surface area contributed by atoms with Gasteiger partial charge in [0.1, 0.15) is 0 Å². The normalized spacial score (nSPS) is 11.8. The summed E-state index contributed by atoms with van der Waals surface area (Å²) in [6, 6.07) is 1.55. The van der Waals surface area contributed by atoms with Crippen LogP contribution in [0.2, 0.25) is 0 Å². The average Bonchev–Trinajstić information content (AvgIpc) is 2.42. The Labute approximate surface area is 121 Å². The third kappa shape index (κ3) is 5.02. The molecule has 5 nitrogen and oxygen atoms in total. The molecule has 0 spiro atoms. The van der Waals surface area contributed by atoms with Crippen molar-refractivity contribution in [1.82, 2.24) is 10.6 Å². The summed E-state index contributed by atoms with van der Waals surface area (Å²) >= 11 is 0. The molecule has 7 heteroatoms. The molecule has 4 N–H and O–H groups in total. The van der Waals surface area contributed by atoms with E-state index in [4.69, 9.17) is 5.73 Å². The van der Waals surface area contributed by atoms with Crippen molar-refractivity contribution in [3.8, 4) is 0 Å². The smallest absolute Gasteiger partial charge is 0.253 e. The SMILES string of the molecule is CCC(C)NC(=O)CCNC(=O)c1cc(F)c(F)cc1N. The van der Waals surface area contributed by atoms with Gasteiger partial charge in [-0.3, -0.25) is 9.59 Å². The first-order chi connectivity index (χ1) is 9.85. The second-order valence-electron chi connectivity index (χ2n) is 4.74. The van der Waals surface area contributed by atoms with Crippen LogP contribution in [0, 0.1) is 11.6 Å². The zero-order valence-corrected chi connectivity index (χ0v) is 12.0. The maximum absolute atomic E-state index is 13.1. The van der Waals surface area contributed by atoms with E-state index >= 15 is 0 Å². The van der Waals surface area contributed by atoms with Gasteiger partial charge in [0.05, 0.1) is 5.56 Å². The summed E-state index contributed by atoms with van der Waals surface area (Å²) in [5.74, 6) is -3.11. The number of benzene rings is 1. The second kappa shape index (κ2) is 7.56. The van der Waals surface area contributed by atoms with E-state index in [1.54, 1.807) is 0 Å². The summed E-state index contributed by atoms with van der Waals surface area (Å²) < 4.78 is 26.0. The Bertz CT molecular complexity index is 535. The van der Waals surface area contributed by atoms with E-state index in [1.807, 2.05) is 13.8 Å². The van der Waals surface area contributed by atoms with Crippen LogP contribution in [0.4, 0.5) is 14.5 Å². The molecule has 1 atom stereocenters. The molecule has 2 amide bonds. The van der Waals surface area contributed by atoms with Crippen molar-refractivity contribution >= 4 is 17.5 Å². The number of carbonyl (C=O) groups excluding carboxylic acids is 2. The lowest BCUT2D eigenvalue weighted by molar-refractivity contribution is -0.121. The van der Waals surface area contributed by atoms with Crippen LogP contribution in [-0.2, 0) is 4.79 Å². The molecule has 1 unspecified atom stereocenters. The number of halogens is 2. The minimum atomic E-state index is -1.15. The molecule has 1 aromatic carbocycles. The Kier molecular flexibility index (Phi) is 6.08. The quantitative estimate of drug-likeness (QED) is 0.697. The Morgan fingerprint density at radius 1 is 1.29 bits per heavy atom. The first-order valence-corrected chi connectivity index (χ1v) is 6.67. The summed E-state index contributed by atoms with van der Waals surface area (Å²) in [5.41, 5.74) is 5.15. The van der Waals surface area contributed by atoms with Crippen molar-refractivity contribution in [3.05, 3.63) is 29.3 Å². The molecule has 116 valence electrons. The fourth-order valence-corrected chi connectivity index (χ4v) is 1.59. The van der Waals surface area contributed by atoms with Gasteiger partial charge in [-0.1, -0.05) is 6.92 Å². The van der Waals surface area contributed by atoms with Crippen molar-refractivity contribution < 1.29 is 18.4 Å². The fourth-order valence-electron chi connectivity index (χ4n) is 1.59. The zero-order chi connectivity index (χ0) is 16.0. The maximum Gasteiger partial charge on any atom is 0.253 e. The number of amides is 2. The summed E-state index contributed by atoms with van der Waals surface area (Å²) in [5, 5.41) is 5.19. The molecule has 21 heavy (non-hydrogen) atoms. The number of anilines is 1. The van der Waals surface area contributed by atoms with Gasteiger partial charge in [-0.05, 0) is 19.4 Å². The van der Waals surface area contributed by atoms with E-state index in [1.165, 1.54) is 0 Å². The predicted octanol–water partition coefficient (Wildman–Crippen LogP) is 1.58. The molecule has 0 saturated carbocycles. The first-order valence-electron chi connectivity index (χ1n) is 6.67. The number of hydrogen-bond donors (Lipinski definition) is 3. The molecular weight excluding hydrogens is 280 g/mol. The fraction of sp³-hybridized carbons (Fsp3) is 0.429. The number of nitrogens with one attached hydrogen (secondary N) is 2. The molecule has 0 fully saturated rings. The van der Waals surface area contributed by atoms with Crippen molar-refractivity contribution in [1.29, 1.82) is 0 Å². The number of hydrogen-bond acceptors (Lipinski definition) is 3. The lowest BCUT2D eigenvalue weighted by atomic mass is 10.1. The molecule has 0 bridgehead atoms. The van der Waals surface area contributed by atoms with Gasteiger partial charge >= 0.3 is 0 Å². The molecule has 0 aliphatic rings. The molecule has 0 aromatic heterocycles. The lowest BCUT2D eigenvalue weighted by Crippen LogP contribution is -2.35. The van der Waals surface area contributed by atoms with Crippen LogP contribution in [-0.4, -0.2) is 24.4 Å². The Morgan fingerprint density at radius 2 is 1.90 bits per heavy atom. The van der Waals surface area contributed by atoms with Gasteiger partial charge in [-0.25, -0.2) is 8.78 Å². The highest BCUT2D eigenvalue weighted by molar-refractivity contribution is 5.99. The van der Waals surface area contributed by atoms with Crippen LogP contribution in [0.3, 0.4) is 0 Å². The molecule has 0 heterocycles. The third-order valence-electron chi connectivity index (χ3n) is 2.99. The van der Waals surface area contributed by atoms with Crippen molar-refractivity contribution in [2.24, 2.45) is 0 Å². The predicted molar refractivity (Wildman–Crippen MR) is 75.6 cm³/mol. The minimum absolute atomic E-state index is 0.0649. The highest BCUT2D eigenvalue weighted by Crippen LogP contribution is 2.16. The molecule has 0 saturated heterocycles. The van der Waals surface area contributed by atoms with Crippen molar-refractivity contribution in [2.75, 3.05) is 12.3 Å². The van der Waals surface area contributed by atoms with E-state index in [0.717, 1.165) is 18.6 Å². The molecule has 0 aliphatic heterocycles. The van der Waals surface area contributed by atoms with Gasteiger partial charge in [-0.2, -0.15) is 0 Å². The summed E-state index contributed by atoms with van der Waals surface area (Å²) in [7, 11) is 0. The maximum atomic E-state index is 13.1. The highest BCUT2D eigenvalue weighted by Gasteiger charge is 2.14. The van der Waals surface area contributed by atoms with E-state index in [0.29, 0.717) is 0 Å². The van der Waals surface area contributed by atoms with Gasteiger partial charge in [0, 0.05) is 30.8 Å². The number of nitrogens with two attached hydrogens (primary N) is 1. The van der Waals surface area contributed by atoms with E-state index in [9.17, 15) is 18.4 Å². The standard InChI is InChI=1S/C14H19F2N3O2/c1-3-8(2)19-13(20)4-5-18-14(21)9-6-10(15)11(16)7-12(9)17/h6-8H,3-5,17H2,1-2H3,(H,18,21)(H,19,20). The highest BCUT2D eigenvalue weighted by atomic mass is 19.2. The molecule has 0 radical (unpaired) electrons. The van der Waals surface area contributed by atoms with Crippen LogP contribution in [0.15, 0.2) is 12.1 Å². The third-order valence-corrected chi connectivity index (χ3v) is 2.99. The largest absolute Gasteiger partial charge is 0.398 e. The topological polar surface area (TPSA) is 84.2 Å². The van der Waals surface area contributed by atoms with E-state index in [-0.39, 0.29) is 36.2 Å². The molecular formula is C14H19F2N3O2. The molecule has 1 rings (SSSR count). The van der Waals surface area contributed by atoms with Crippen LogP contribution in [0.5, 0.6) is 0 Å². The van der Waals surface area contributed by atoms with E-state index < -0.39 is 17.5 Å². The summed E-state index contributed by atoms with van der Waals surface area (Å²) in [4.78, 5) is 23.3. The summed E-state index contributed by atoms with van der Waals surface area (Å²) in [6.45, 7) is 3.90. The average molecular weight is 299 g/mol. The molecule has 1 aromatic rings. The minimum Gasteiger partial charge on any atom is -0.398 e. The molecule has 0 aliphatic carbocycles. The van der Waals surface area contributed by atoms with Gasteiger partial charge in [0.25, 0.3) is 5.91 Å². The van der Waals surface area contributed by atoms with E-state index in [2.05, 4.69) is 10.6 Å². The van der Waals surface area contributed by atoms with Crippen LogP contribution in [0.1, 0.15) is 37.0 Å². The van der Waals surface area contributed by atoms with Crippen LogP contribution >= 0.6 is 0 Å². The second-order valence-corrected chi connectivity index (χ2v) is 4.74. The number of nitrogen functional groups attached to an aromatic ring is 1. The summed E-state index contributed by atoms with van der Waals surface area (Å²) in [6.07, 6.45) is 0.906. The Balaban J connectivity index is 2.51. The Hall–Kier alpha value is -2.18. The number of rotatable bonds is 6. The van der Waals surface area contributed by atoms with Gasteiger partial charge in [0.15, 0.2) is 11.6 Å². The van der Waals surface area contributed by atoms with Crippen molar-refractivity contribution in [2.45, 2.75) is 32.7 Å². The first kappa shape index (κ1) is 16.9. The van der Waals surface area contributed by atoms with Crippen molar-refractivity contribution in [3.63, 3.8) is 0 Å².